The van der Waals surface area contributed by atoms with Crippen LogP contribution in [0.2, 0.25) is 0 Å². The summed E-state index contributed by atoms with van der Waals surface area (Å²) >= 11 is 0. The van der Waals surface area contributed by atoms with Crippen molar-refractivity contribution < 1.29 is 4.79 Å². The number of urea groups is 1. The van der Waals surface area contributed by atoms with Gasteiger partial charge in [-0.05, 0) is 71.6 Å². The monoisotopic (exact) mass is 409 g/mol. The Kier molecular flexibility index (Phi) is 6.18. The van der Waals surface area contributed by atoms with Crippen LogP contribution < -0.4 is 16.0 Å². The van der Waals surface area contributed by atoms with E-state index >= 15 is 0 Å². The quantitative estimate of drug-likeness (QED) is 0.360. The third kappa shape index (κ3) is 5.45. The Labute approximate surface area is 181 Å². The summed E-state index contributed by atoms with van der Waals surface area (Å²) in [5.74, 6) is 1.21. The van der Waals surface area contributed by atoms with Gasteiger partial charge >= 0.3 is 6.03 Å². The van der Waals surface area contributed by atoms with E-state index in [1.165, 1.54) is 5.56 Å². The fraction of sp³-hybridized carbons (Fsp3) is 0.0800. The van der Waals surface area contributed by atoms with Gasteiger partial charge in [0, 0.05) is 23.8 Å². The maximum Gasteiger partial charge on any atom is 0.324 e. The highest BCUT2D eigenvalue weighted by atomic mass is 16.2. The number of amides is 2. The molecule has 2 heterocycles. The summed E-state index contributed by atoms with van der Waals surface area (Å²) in [5, 5.41) is 8.91. The highest BCUT2D eigenvalue weighted by molar-refractivity contribution is 5.99. The molecule has 3 N–H and O–H groups in total. The molecule has 0 saturated carbocycles. The third-order valence-electron chi connectivity index (χ3n) is 4.76. The molecule has 0 atom stereocenters. The fourth-order valence-electron chi connectivity index (χ4n) is 3.13. The second-order valence-corrected chi connectivity index (χ2v) is 6.98. The van der Waals surface area contributed by atoms with Crippen LogP contribution in [0.3, 0.4) is 0 Å². The number of anilines is 4. The molecule has 0 aliphatic carbocycles. The van der Waals surface area contributed by atoms with Crippen LogP contribution >= 0.6 is 0 Å². The van der Waals surface area contributed by atoms with Gasteiger partial charge in [0.15, 0.2) is 0 Å². The zero-order chi connectivity index (χ0) is 21.5. The zero-order valence-corrected chi connectivity index (χ0v) is 17.2. The molecule has 0 fully saturated rings. The summed E-state index contributed by atoms with van der Waals surface area (Å²) in [6.07, 6.45) is 4.38. The summed E-state index contributed by atoms with van der Waals surface area (Å²) in [7, 11) is 0. The lowest BCUT2D eigenvalue weighted by Gasteiger charge is -2.10. The highest BCUT2D eigenvalue weighted by Gasteiger charge is 2.07. The normalized spacial score (nSPS) is 10.4. The van der Waals surface area contributed by atoms with Crippen LogP contribution in [-0.4, -0.2) is 16.0 Å². The van der Waals surface area contributed by atoms with Crippen molar-refractivity contribution in [3.05, 3.63) is 96.8 Å². The molecule has 2 aromatic heterocycles. The van der Waals surface area contributed by atoms with E-state index in [0.29, 0.717) is 5.82 Å². The van der Waals surface area contributed by atoms with Gasteiger partial charge in [0.25, 0.3) is 0 Å². The van der Waals surface area contributed by atoms with Crippen molar-refractivity contribution in [1.82, 2.24) is 9.97 Å². The number of aryl methyl sites for hydroxylation is 1. The van der Waals surface area contributed by atoms with E-state index in [1.54, 1.807) is 12.4 Å². The van der Waals surface area contributed by atoms with Crippen molar-refractivity contribution in [2.24, 2.45) is 0 Å². The largest absolute Gasteiger partial charge is 0.340 e. The Morgan fingerprint density at radius 2 is 1.39 bits per heavy atom. The Morgan fingerprint density at radius 1 is 0.742 bits per heavy atom. The van der Waals surface area contributed by atoms with Gasteiger partial charge in [-0.1, -0.05) is 37.3 Å². The molecule has 0 radical (unpaired) electrons. The Bertz CT molecular complexity index is 1160. The van der Waals surface area contributed by atoms with Gasteiger partial charge in [0.1, 0.15) is 11.6 Å². The molecule has 6 heteroatoms. The van der Waals surface area contributed by atoms with E-state index in [-0.39, 0.29) is 6.03 Å². The first kappa shape index (κ1) is 20.1. The minimum absolute atomic E-state index is 0.338. The molecule has 0 aliphatic heterocycles. The average Bonchev–Trinajstić information content (AvgIpc) is 2.80. The minimum Gasteiger partial charge on any atom is -0.340 e. The van der Waals surface area contributed by atoms with Gasteiger partial charge < -0.3 is 10.6 Å². The van der Waals surface area contributed by atoms with Gasteiger partial charge in [0.05, 0.1) is 0 Å². The Hall–Kier alpha value is -4.19. The summed E-state index contributed by atoms with van der Waals surface area (Å²) in [5.41, 5.74) is 4.81. The number of pyridine rings is 2. The van der Waals surface area contributed by atoms with Crippen molar-refractivity contribution in [3.63, 3.8) is 0 Å². The van der Waals surface area contributed by atoms with Crippen LogP contribution in [0.4, 0.5) is 27.8 Å². The number of benzene rings is 2. The lowest BCUT2D eigenvalue weighted by molar-refractivity contribution is 0.262. The molecule has 0 bridgehead atoms. The number of aromatic nitrogens is 2. The van der Waals surface area contributed by atoms with E-state index < -0.39 is 0 Å². The van der Waals surface area contributed by atoms with E-state index in [0.717, 1.165) is 34.7 Å². The van der Waals surface area contributed by atoms with Crippen LogP contribution in [0.5, 0.6) is 0 Å². The molecule has 2 amide bonds. The number of hydrogen-bond donors (Lipinski definition) is 3. The van der Waals surface area contributed by atoms with Crippen molar-refractivity contribution in [2.75, 3.05) is 16.0 Å². The lowest BCUT2D eigenvalue weighted by Crippen LogP contribution is -2.20. The summed E-state index contributed by atoms with van der Waals surface area (Å²) in [6, 6.07) is 24.9. The number of hydrogen-bond acceptors (Lipinski definition) is 4. The second kappa shape index (κ2) is 9.54. The summed E-state index contributed by atoms with van der Waals surface area (Å²) in [6.45, 7) is 2.09. The van der Waals surface area contributed by atoms with Crippen molar-refractivity contribution >= 4 is 29.0 Å². The molecule has 4 rings (SSSR count). The lowest BCUT2D eigenvalue weighted by atomic mass is 10.1. The standard InChI is InChI=1S/C25H23N5O/c1-2-18-8-10-22(11-9-18)29-25(31)30-24-17-20(13-15-27-24)19-12-14-26-23(16-19)28-21-6-4-3-5-7-21/h3-17H,2H2,1H3,(H,26,28)(H2,27,29,30,31). The number of nitrogens with zero attached hydrogens (tertiary/aromatic N) is 2. The average molecular weight is 409 g/mol. The molecule has 31 heavy (non-hydrogen) atoms. The topological polar surface area (TPSA) is 78.9 Å². The van der Waals surface area contributed by atoms with Crippen molar-refractivity contribution in [1.29, 1.82) is 0 Å². The van der Waals surface area contributed by atoms with Crippen LogP contribution in [0.1, 0.15) is 12.5 Å². The van der Waals surface area contributed by atoms with Gasteiger partial charge in [-0.25, -0.2) is 14.8 Å². The van der Waals surface area contributed by atoms with Gasteiger partial charge in [-0.3, -0.25) is 5.32 Å². The molecular formula is C25H23N5O. The molecule has 6 nitrogen and oxygen atoms in total. The molecule has 0 aliphatic rings. The SMILES string of the molecule is CCc1ccc(NC(=O)Nc2cc(-c3ccnc(Nc4ccccc4)c3)ccn2)cc1. The molecule has 0 spiro atoms. The van der Waals surface area contributed by atoms with Crippen LogP contribution in [0.25, 0.3) is 11.1 Å². The maximum atomic E-state index is 12.4. The predicted octanol–water partition coefficient (Wildman–Crippen LogP) is 6.09. The first-order valence-corrected chi connectivity index (χ1v) is 10.1. The molecule has 4 aromatic rings. The molecular weight excluding hydrogens is 386 g/mol. The maximum absolute atomic E-state index is 12.4. The van der Waals surface area contributed by atoms with Crippen LogP contribution in [0.15, 0.2) is 91.3 Å². The number of carbonyl (C=O) groups excluding carboxylic acids is 1. The first-order chi connectivity index (χ1) is 15.2. The number of para-hydroxylation sites is 1. The smallest absolute Gasteiger partial charge is 0.324 e. The van der Waals surface area contributed by atoms with Crippen molar-refractivity contribution in [2.45, 2.75) is 13.3 Å². The van der Waals surface area contributed by atoms with E-state index in [2.05, 4.69) is 32.8 Å². The number of nitrogens with one attached hydrogen (secondary N) is 3. The molecule has 0 saturated heterocycles. The third-order valence-corrected chi connectivity index (χ3v) is 4.76. The van der Waals surface area contributed by atoms with Crippen LogP contribution in [0, 0.1) is 0 Å². The predicted molar refractivity (Wildman–Crippen MR) is 126 cm³/mol. The summed E-state index contributed by atoms with van der Waals surface area (Å²) in [4.78, 5) is 21.0. The fourth-order valence-corrected chi connectivity index (χ4v) is 3.13. The van der Waals surface area contributed by atoms with Crippen LogP contribution in [-0.2, 0) is 6.42 Å². The van der Waals surface area contributed by atoms with E-state index in [9.17, 15) is 4.79 Å². The number of carbonyl (C=O) groups is 1. The zero-order valence-electron chi connectivity index (χ0n) is 17.2. The summed E-state index contributed by atoms with van der Waals surface area (Å²) < 4.78 is 0. The molecule has 154 valence electrons. The minimum atomic E-state index is -0.338. The van der Waals surface area contributed by atoms with E-state index in [1.807, 2.05) is 78.9 Å². The van der Waals surface area contributed by atoms with Gasteiger partial charge in [0.2, 0.25) is 0 Å². The molecule has 0 unspecified atom stereocenters. The van der Waals surface area contributed by atoms with E-state index in [4.69, 9.17) is 0 Å². The first-order valence-electron chi connectivity index (χ1n) is 10.1. The Balaban J connectivity index is 1.45. The van der Waals surface area contributed by atoms with Crippen molar-refractivity contribution in [3.8, 4) is 11.1 Å². The van der Waals surface area contributed by atoms with Gasteiger partial charge in [-0.15, -0.1) is 0 Å². The Morgan fingerprint density at radius 3 is 2.06 bits per heavy atom. The second-order valence-electron chi connectivity index (χ2n) is 6.98. The molecule has 2 aromatic carbocycles. The van der Waals surface area contributed by atoms with Gasteiger partial charge in [-0.2, -0.15) is 0 Å². The number of rotatable bonds is 6. The highest BCUT2D eigenvalue weighted by Crippen LogP contribution is 2.24.